The number of hydrogen-bond donors (Lipinski definition) is 1. The van der Waals surface area contributed by atoms with Crippen LogP contribution in [0.3, 0.4) is 0 Å². The molecular weight excluding hydrogens is 254 g/mol. The topological polar surface area (TPSA) is 85.8 Å². The summed E-state index contributed by atoms with van der Waals surface area (Å²) in [5.41, 5.74) is 5.81. The zero-order chi connectivity index (χ0) is 14.5. The molecule has 2 rings (SSSR count). The summed E-state index contributed by atoms with van der Waals surface area (Å²) in [6, 6.07) is 0. The number of imidazole rings is 1. The second kappa shape index (κ2) is 6.31. The van der Waals surface area contributed by atoms with Crippen molar-refractivity contribution in [1.29, 1.82) is 0 Å². The first-order chi connectivity index (χ1) is 9.69. The third-order valence-electron chi connectivity index (χ3n) is 3.07. The number of aryl methyl sites for hydroxylation is 1. The van der Waals surface area contributed by atoms with Crippen LogP contribution in [0.1, 0.15) is 27.2 Å². The first-order valence-electron chi connectivity index (χ1n) is 6.97. The van der Waals surface area contributed by atoms with Gasteiger partial charge in [-0.25, -0.2) is 4.98 Å². The lowest BCUT2D eigenvalue weighted by Gasteiger charge is -2.18. The summed E-state index contributed by atoms with van der Waals surface area (Å²) in [7, 11) is 0. The van der Waals surface area contributed by atoms with E-state index in [1.54, 1.807) is 6.20 Å². The highest BCUT2D eigenvalue weighted by atomic mass is 15.3. The standard InChI is InChI=1S/C13H21N7/c1-4-8-20-9-7-15-11(20)10-16-12(14)18-13(17-10)19(5-2)6-3/h7,9H,4-6,8H2,1-3H3,(H2,14,16,17,18). The van der Waals surface area contributed by atoms with Crippen LogP contribution in [0.15, 0.2) is 12.4 Å². The van der Waals surface area contributed by atoms with Gasteiger partial charge in [-0.1, -0.05) is 6.92 Å². The van der Waals surface area contributed by atoms with Gasteiger partial charge >= 0.3 is 0 Å². The number of nitrogens with zero attached hydrogens (tertiary/aromatic N) is 6. The summed E-state index contributed by atoms with van der Waals surface area (Å²) in [4.78, 5) is 19.3. The first kappa shape index (κ1) is 14.2. The largest absolute Gasteiger partial charge is 0.368 e. The molecule has 0 aliphatic carbocycles. The van der Waals surface area contributed by atoms with Gasteiger partial charge in [0.05, 0.1) is 0 Å². The van der Waals surface area contributed by atoms with Crippen LogP contribution in [-0.2, 0) is 6.54 Å². The lowest BCUT2D eigenvalue weighted by atomic mass is 10.4. The predicted molar refractivity (Wildman–Crippen MR) is 79.3 cm³/mol. The minimum Gasteiger partial charge on any atom is -0.368 e. The third-order valence-corrected chi connectivity index (χ3v) is 3.07. The van der Waals surface area contributed by atoms with Crippen molar-refractivity contribution in [3.63, 3.8) is 0 Å². The predicted octanol–water partition coefficient (Wildman–Crippen LogP) is 1.57. The van der Waals surface area contributed by atoms with Gasteiger partial charge in [-0.2, -0.15) is 15.0 Å². The lowest BCUT2D eigenvalue weighted by Crippen LogP contribution is -2.25. The highest BCUT2D eigenvalue weighted by molar-refractivity contribution is 5.50. The molecule has 2 aromatic heterocycles. The van der Waals surface area contributed by atoms with E-state index in [2.05, 4.69) is 40.7 Å². The van der Waals surface area contributed by atoms with Crippen LogP contribution >= 0.6 is 0 Å². The number of anilines is 2. The monoisotopic (exact) mass is 275 g/mol. The van der Waals surface area contributed by atoms with Crippen molar-refractivity contribution in [3.8, 4) is 11.6 Å². The zero-order valence-corrected chi connectivity index (χ0v) is 12.2. The van der Waals surface area contributed by atoms with Crippen LogP contribution in [0, 0.1) is 0 Å². The number of rotatable bonds is 6. The number of nitrogens with two attached hydrogens (primary N) is 1. The summed E-state index contributed by atoms with van der Waals surface area (Å²) in [6.45, 7) is 8.75. The van der Waals surface area contributed by atoms with Gasteiger partial charge in [0.25, 0.3) is 0 Å². The van der Waals surface area contributed by atoms with Crippen LogP contribution in [0.4, 0.5) is 11.9 Å². The van der Waals surface area contributed by atoms with E-state index in [0.717, 1.165) is 31.9 Å². The SMILES string of the molecule is CCCn1ccnc1-c1nc(N)nc(N(CC)CC)n1. The Morgan fingerprint density at radius 2 is 1.90 bits per heavy atom. The molecule has 0 aliphatic rings. The second-order valence-corrected chi connectivity index (χ2v) is 4.43. The quantitative estimate of drug-likeness (QED) is 0.861. The summed E-state index contributed by atoms with van der Waals surface area (Å²) >= 11 is 0. The van der Waals surface area contributed by atoms with Crippen molar-refractivity contribution in [1.82, 2.24) is 24.5 Å². The fourth-order valence-corrected chi connectivity index (χ4v) is 2.07. The van der Waals surface area contributed by atoms with Crippen LogP contribution in [-0.4, -0.2) is 37.6 Å². The van der Waals surface area contributed by atoms with Crippen LogP contribution in [0.2, 0.25) is 0 Å². The van der Waals surface area contributed by atoms with E-state index >= 15 is 0 Å². The van der Waals surface area contributed by atoms with Crippen molar-refractivity contribution >= 4 is 11.9 Å². The highest BCUT2D eigenvalue weighted by Crippen LogP contribution is 2.17. The van der Waals surface area contributed by atoms with Gasteiger partial charge in [-0.15, -0.1) is 0 Å². The summed E-state index contributed by atoms with van der Waals surface area (Å²) in [5.74, 6) is 2.08. The minimum absolute atomic E-state index is 0.225. The van der Waals surface area contributed by atoms with Gasteiger partial charge in [-0.3, -0.25) is 0 Å². The van der Waals surface area contributed by atoms with E-state index in [9.17, 15) is 0 Å². The molecule has 0 atom stereocenters. The molecule has 0 unspecified atom stereocenters. The summed E-state index contributed by atoms with van der Waals surface area (Å²) in [6.07, 6.45) is 4.70. The second-order valence-electron chi connectivity index (χ2n) is 4.43. The Kier molecular flexibility index (Phi) is 4.49. The van der Waals surface area contributed by atoms with Crippen LogP contribution < -0.4 is 10.6 Å². The average Bonchev–Trinajstić information content (AvgIpc) is 2.88. The molecule has 20 heavy (non-hydrogen) atoms. The summed E-state index contributed by atoms with van der Waals surface area (Å²) < 4.78 is 2.03. The number of nitrogen functional groups attached to an aromatic ring is 1. The Labute approximate surface area is 118 Å². The van der Waals surface area contributed by atoms with Crippen molar-refractivity contribution in [2.45, 2.75) is 33.7 Å². The van der Waals surface area contributed by atoms with Gasteiger partial charge in [0, 0.05) is 32.0 Å². The molecule has 0 spiro atoms. The molecule has 0 saturated heterocycles. The Hall–Kier alpha value is -2.18. The number of hydrogen-bond acceptors (Lipinski definition) is 6. The average molecular weight is 275 g/mol. The molecule has 7 heteroatoms. The van der Waals surface area contributed by atoms with Crippen LogP contribution in [0.25, 0.3) is 11.6 Å². The molecule has 108 valence electrons. The van der Waals surface area contributed by atoms with Gasteiger partial charge in [0.2, 0.25) is 17.7 Å². The molecule has 2 heterocycles. The Morgan fingerprint density at radius 1 is 1.15 bits per heavy atom. The van der Waals surface area contributed by atoms with E-state index in [0.29, 0.717) is 11.8 Å². The minimum atomic E-state index is 0.225. The summed E-state index contributed by atoms with van der Waals surface area (Å²) in [5, 5.41) is 0. The Bertz CT molecular complexity index is 560. The fraction of sp³-hybridized carbons (Fsp3) is 0.538. The normalized spacial score (nSPS) is 10.8. The molecule has 0 fully saturated rings. The van der Waals surface area contributed by atoms with Crippen molar-refractivity contribution in [3.05, 3.63) is 12.4 Å². The fourth-order valence-electron chi connectivity index (χ4n) is 2.07. The molecule has 2 N–H and O–H groups in total. The highest BCUT2D eigenvalue weighted by Gasteiger charge is 2.14. The van der Waals surface area contributed by atoms with E-state index in [1.165, 1.54) is 0 Å². The Morgan fingerprint density at radius 3 is 2.55 bits per heavy atom. The molecule has 0 aliphatic heterocycles. The van der Waals surface area contributed by atoms with E-state index in [4.69, 9.17) is 5.73 Å². The Balaban J connectivity index is 2.43. The molecule has 0 aromatic carbocycles. The van der Waals surface area contributed by atoms with E-state index in [-0.39, 0.29) is 5.95 Å². The maximum absolute atomic E-state index is 5.81. The van der Waals surface area contributed by atoms with Gasteiger partial charge < -0.3 is 15.2 Å². The van der Waals surface area contributed by atoms with Crippen molar-refractivity contribution in [2.75, 3.05) is 23.7 Å². The molecular formula is C13H21N7. The maximum atomic E-state index is 5.81. The van der Waals surface area contributed by atoms with Crippen LogP contribution in [0.5, 0.6) is 0 Å². The smallest absolute Gasteiger partial charge is 0.230 e. The number of aromatic nitrogens is 5. The molecule has 0 amide bonds. The van der Waals surface area contributed by atoms with Gasteiger partial charge in [-0.05, 0) is 20.3 Å². The molecule has 0 radical (unpaired) electrons. The third kappa shape index (κ3) is 2.87. The molecule has 2 aromatic rings. The van der Waals surface area contributed by atoms with Crippen molar-refractivity contribution in [2.24, 2.45) is 0 Å². The first-order valence-corrected chi connectivity index (χ1v) is 6.97. The van der Waals surface area contributed by atoms with Crippen molar-refractivity contribution < 1.29 is 0 Å². The molecule has 7 nitrogen and oxygen atoms in total. The molecule has 0 bridgehead atoms. The van der Waals surface area contributed by atoms with E-state index in [1.807, 2.05) is 15.7 Å². The zero-order valence-electron chi connectivity index (χ0n) is 12.2. The lowest BCUT2D eigenvalue weighted by molar-refractivity contribution is 0.681. The maximum Gasteiger partial charge on any atom is 0.230 e. The van der Waals surface area contributed by atoms with Gasteiger partial charge in [0.1, 0.15) is 0 Å². The van der Waals surface area contributed by atoms with Gasteiger partial charge in [0.15, 0.2) is 5.82 Å². The molecule has 0 saturated carbocycles. The van der Waals surface area contributed by atoms with E-state index < -0.39 is 0 Å².